The van der Waals surface area contributed by atoms with Crippen molar-refractivity contribution in [2.45, 2.75) is 76.2 Å². The Kier molecular flexibility index (Phi) is 12.0. The molecule has 2 atom stereocenters. The summed E-state index contributed by atoms with van der Waals surface area (Å²) in [4.78, 5) is 30.2. The molecule has 0 saturated carbocycles. The van der Waals surface area contributed by atoms with E-state index in [-0.39, 0.29) is 35.1 Å². The number of hydrogen-bond donors (Lipinski definition) is 3. The molecule has 4 heterocycles. The van der Waals surface area contributed by atoms with Crippen molar-refractivity contribution in [1.82, 2.24) is 25.1 Å². The summed E-state index contributed by atoms with van der Waals surface area (Å²) in [5.74, 6) is -2.09. The van der Waals surface area contributed by atoms with E-state index in [2.05, 4.69) is 36.9 Å². The lowest BCUT2D eigenvalue weighted by Crippen LogP contribution is -2.58. The summed E-state index contributed by atoms with van der Waals surface area (Å²) in [7, 11) is -5.29. The first kappa shape index (κ1) is 38.2. The molecule has 1 amide bonds. The van der Waals surface area contributed by atoms with E-state index in [1.165, 1.54) is 6.07 Å². The average Bonchev–Trinajstić information content (AvgIpc) is 3.50. The zero-order valence-corrected chi connectivity index (χ0v) is 29.8. The minimum absolute atomic E-state index is 0.0422. The van der Waals surface area contributed by atoms with Gasteiger partial charge in [0.1, 0.15) is 5.82 Å². The van der Waals surface area contributed by atoms with Crippen LogP contribution in [-0.4, -0.2) is 121 Å². The molecule has 278 valence electrons. The number of nitrogens with one attached hydrogen (secondary N) is 1. The molecule has 12 nitrogen and oxygen atoms in total. The number of anilines is 3. The molecule has 0 spiro atoms. The molecule has 0 radical (unpaired) electrons. The third kappa shape index (κ3) is 8.54. The van der Waals surface area contributed by atoms with Crippen LogP contribution in [0.25, 0.3) is 0 Å². The highest BCUT2D eigenvalue weighted by Gasteiger charge is 2.44. The number of sulfone groups is 1. The van der Waals surface area contributed by atoms with E-state index in [9.17, 15) is 35.9 Å². The van der Waals surface area contributed by atoms with E-state index in [1.807, 2.05) is 11.0 Å². The summed E-state index contributed by atoms with van der Waals surface area (Å²) < 4.78 is 74.7. The Morgan fingerprint density at radius 3 is 2.44 bits per heavy atom. The third-order valence-electron chi connectivity index (χ3n) is 9.95. The fourth-order valence-corrected chi connectivity index (χ4v) is 8.25. The Morgan fingerprint density at radius 1 is 1.08 bits per heavy atom. The summed E-state index contributed by atoms with van der Waals surface area (Å²) in [6.45, 7) is 9.29. The molecule has 3 fully saturated rings. The number of nitrogens with two attached hydrogens (primary N) is 1. The maximum atomic E-state index is 14.6. The van der Waals surface area contributed by atoms with Crippen LogP contribution in [0.1, 0.15) is 60.6 Å². The first-order valence-corrected chi connectivity index (χ1v) is 19.0. The smallest absolute Gasteiger partial charge is 0.391 e. The summed E-state index contributed by atoms with van der Waals surface area (Å²) in [5.41, 5.74) is 3.01. The summed E-state index contributed by atoms with van der Waals surface area (Å²) in [5, 5.41) is 12.4. The number of hydrogen-bond acceptors (Lipinski definition) is 11. The number of piperidine rings is 1. The Hall–Kier alpha value is -2.99. The predicted molar refractivity (Wildman–Crippen MR) is 184 cm³/mol. The number of halogens is 5. The van der Waals surface area contributed by atoms with Crippen molar-refractivity contribution in [3.63, 3.8) is 0 Å². The van der Waals surface area contributed by atoms with Gasteiger partial charge in [-0.15, -0.1) is 0 Å². The first-order valence-electron chi connectivity index (χ1n) is 16.9. The number of aliphatic hydroxyl groups is 1. The number of carbonyl (C=O) groups excluding carboxylic acids is 1. The second-order valence-corrected chi connectivity index (χ2v) is 15.7. The zero-order chi connectivity index (χ0) is 36.4. The molecule has 0 aliphatic carbocycles. The van der Waals surface area contributed by atoms with Crippen molar-refractivity contribution in [1.29, 1.82) is 0 Å². The molecular weight excluding hydrogens is 704 g/mol. The number of nitrogen functional groups attached to an aromatic ring is 1. The number of nitrogens with zero attached hydrogens (tertiary/aromatic N) is 6. The SMILES string of the molecule is CC[C@H]1CN(c2nc(N)c(C(=O)NCCCS(=O)(=O)C(F)(F)F)nc2Cl)CCN1C1CCN(Cc2ccc(F)c(C)c2N2CC[C@@H](O)C2)CC1. The standard InChI is InChI=1S/C32H45ClF4N8O4S/c1-3-22-18-44(30-28(33)40-26(29(38)41-30)31(47)39-10-4-16-50(48,49)32(35,36)37)14-15-45(22)23-7-11-42(12-8-23)17-21-5-6-25(34)20(2)27(21)43-13-9-24(46)19-43/h5-6,22-24,46H,3-4,7-19H2,1-2H3,(H2,38,41)(H,39,47)/t22-,24+/m0/s1. The van der Waals surface area contributed by atoms with E-state index in [0.29, 0.717) is 56.6 Å². The summed E-state index contributed by atoms with van der Waals surface area (Å²) in [6.07, 6.45) is 2.67. The fourth-order valence-electron chi connectivity index (χ4n) is 7.25. The first-order chi connectivity index (χ1) is 23.6. The number of β-amino-alcohol motifs (C(OH)–C–C–N with tert-alkyl or cyclic N) is 1. The van der Waals surface area contributed by atoms with Crippen molar-refractivity contribution >= 4 is 44.7 Å². The van der Waals surface area contributed by atoms with Crippen molar-refractivity contribution in [3.8, 4) is 0 Å². The van der Waals surface area contributed by atoms with Crippen LogP contribution in [0.3, 0.4) is 0 Å². The molecule has 0 unspecified atom stereocenters. The van der Waals surface area contributed by atoms with Gasteiger partial charge in [-0.25, -0.2) is 22.8 Å². The topological polar surface area (TPSA) is 148 Å². The summed E-state index contributed by atoms with van der Waals surface area (Å²) in [6, 6.07) is 3.99. The van der Waals surface area contributed by atoms with E-state index in [0.717, 1.165) is 50.1 Å². The van der Waals surface area contributed by atoms with E-state index < -0.39 is 39.5 Å². The summed E-state index contributed by atoms with van der Waals surface area (Å²) >= 11 is 6.48. The minimum atomic E-state index is -5.35. The van der Waals surface area contributed by atoms with Crippen molar-refractivity contribution in [2.24, 2.45) is 0 Å². The number of alkyl halides is 3. The number of aliphatic hydroxyl groups excluding tert-OH is 1. The van der Waals surface area contributed by atoms with Gasteiger partial charge in [0.2, 0.25) is 9.84 Å². The van der Waals surface area contributed by atoms with Crippen molar-refractivity contribution in [3.05, 3.63) is 39.9 Å². The van der Waals surface area contributed by atoms with Gasteiger partial charge in [-0.3, -0.25) is 14.6 Å². The Bertz CT molecular complexity index is 1640. The minimum Gasteiger partial charge on any atom is -0.391 e. The van der Waals surface area contributed by atoms with Gasteiger partial charge in [-0.05, 0) is 63.7 Å². The number of aromatic nitrogens is 2. The van der Waals surface area contributed by atoms with Gasteiger partial charge >= 0.3 is 5.51 Å². The molecule has 3 aliphatic rings. The van der Waals surface area contributed by atoms with Gasteiger partial charge in [0.25, 0.3) is 5.91 Å². The number of amides is 1. The lowest BCUT2D eigenvalue weighted by atomic mass is 9.97. The quantitative estimate of drug-likeness (QED) is 0.230. The molecule has 4 N–H and O–H groups in total. The largest absolute Gasteiger partial charge is 0.497 e. The Labute approximate surface area is 294 Å². The zero-order valence-electron chi connectivity index (χ0n) is 28.2. The number of piperazine rings is 1. The van der Waals surface area contributed by atoms with Crippen LogP contribution in [0.4, 0.5) is 34.9 Å². The number of likely N-dealkylation sites (tertiary alicyclic amines) is 1. The van der Waals surface area contributed by atoms with Crippen LogP contribution in [0, 0.1) is 12.7 Å². The normalized spacial score (nSPS) is 21.6. The Balaban J connectivity index is 1.15. The third-order valence-corrected chi connectivity index (χ3v) is 11.7. The Morgan fingerprint density at radius 2 is 1.80 bits per heavy atom. The van der Waals surface area contributed by atoms with E-state index in [1.54, 1.807) is 6.92 Å². The molecule has 5 rings (SSSR count). The number of benzene rings is 1. The van der Waals surface area contributed by atoms with Gasteiger partial charge < -0.3 is 26.0 Å². The molecule has 0 bridgehead atoms. The molecule has 2 aromatic rings. The van der Waals surface area contributed by atoms with Crippen molar-refractivity contribution in [2.75, 3.05) is 73.6 Å². The van der Waals surface area contributed by atoms with Crippen LogP contribution < -0.4 is 20.9 Å². The average molecular weight is 749 g/mol. The van der Waals surface area contributed by atoms with Crippen molar-refractivity contribution < 1.29 is 35.9 Å². The number of carbonyl (C=O) groups is 1. The van der Waals surface area contributed by atoms with Gasteiger partial charge in [0, 0.05) is 69.1 Å². The van der Waals surface area contributed by atoms with Crippen LogP contribution in [-0.2, 0) is 16.4 Å². The van der Waals surface area contributed by atoms with Crippen LogP contribution in [0.2, 0.25) is 5.15 Å². The maximum absolute atomic E-state index is 14.6. The highest BCUT2D eigenvalue weighted by molar-refractivity contribution is 7.92. The second-order valence-electron chi connectivity index (χ2n) is 13.3. The highest BCUT2D eigenvalue weighted by Crippen LogP contribution is 2.34. The van der Waals surface area contributed by atoms with Gasteiger partial charge in [-0.2, -0.15) is 13.2 Å². The molecule has 1 aromatic heterocycles. The number of rotatable bonds is 11. The predicted octanol–water partition coefficient (Wildman–Crippen LogP) is 3.35. The fraction of sp³-hybridized carbons (Fsp3) is 0.656. The van der Waals surface area contributed by atoms with Crippen LogP contribution >= 0.6 is 11.6 Å². The van der Waals surface area contributed by atoms with E-state index >= 15 is 0 Å². The molecule has 3 saturated heterocycles. The molecule has 18 heteroatoms. The molecule has 50 heavy (non-hydrogen) atoms. The monoisotopic (exact) mass is 748 g/mol. The second kappa shape index (κ2) is 15.7. The molecular formula is C32H45ClF4N8O4S. The maximum Gasteiger partial charge on any atom is 0.497 e. The molecule has 3 aliphatic heterocycles. The van der Waals surface area contributed by atoms with E-state index in [4.69, 9.17) is 17.3 Å². The lowest BCUT2D eigenvalue weighted by Gasteiger charge is -2.47. The highest BCUT2D eigenvalue weighted by atomic mass is 35.5. The van der Waals surface area contributed by atoms with Gasteiger partial charge in [-0.1, -0.05) is 24.6 Å². The lowest BCUT2D eigenvalue weighted by molar-refractivity contribution is -0.0435. The molecule has 1 aromatic carbocycles. The van der Waals surface area contributed by atoms with Crippen LogP contribution in [0.5, 0.6) is 0 Å². The van der Waals surface area contributed by atoms with Gasteiger partial charge in [0.15, 0.2) is 22.5 Å². The van der Waals surface area contributed by atoms with Crippen LogP contribution in [0.15, 0.2) is 12.1 Å². The van der Waals surface area contributed by atoms with Gasteiger partial charge in [0.05, 0.1) is 11.9 Å².